The summed E-state index contributed by atoms with van der Waals surface area (Å²) < 4.78 is 5.17. The van der Waals surface area contributed by atoms with Gasteiger partial charge in [-0.05, 0) is 33.1 Å². The van der Waals surface area contributed by atoms with E-state index in [0.29, 0.717) is 0 Å². The fraction of sp³-hybridized carbons (Fsp3) is 0.889. The van der Waals surface area contributed by atoms with Gasteiger partial charge in [0.05, 0.1) is 0 Å². The average molecular weight is 171 g/mol. The molecular formula is C9H17NO2. The number of hydrogen-bond acceptors (Lipinski definition) is 3. The van der Waals surface area contributed by atoms with Crippen LogP contribution in [0.1, 0.15) is 34.1 Å². The molecule has 1 aliphatic rings. The van der Waals surface area contributed by atoms with Gasteiger partial charge in [0, 0.05) is 0 Å². The summed E-state index contributed by atoms with van der Waals surface area (Å²) in [6.45, 7) is 7.51. The predicted molar refractivity (Wildman–Crippen MR) is 46.5 cm³/mol. The van der Waals surface area contributed by atoms with Gasteiger partial charge in [0.15, 0.2) is 0 Å². The first-order chi connectivity index (χ1) is 5.26. The van der Waals surface area contributed by atoms with Crippen LogP contribution in [0.4, 0.5) is 0 Å². The van der Waals surface area contributed by atoms with E-state index in [1.54, 1.807) is 0 Å². The first-order valence-corrected chi connectivity index (χ1v) is 4.28. The summed E-state index contributed by atoms with van der Waals surface area (Å²) in [5.74, 6) is 0.00912. The van der Waals surface area contributed by atoms with E-state index >= 15 is 0 Å². The van der Waals surface area contributed by atoms with E-state index in [1.807, 2.05) is 27.7 Å². The highest BCUT2D eigenvalue weighted by atomic mass is 16.6. The van der Waals surface area contributed by atoms with Crippen LogP contribution in [-0.4, -0.2) is 17.1 Å². The summed E-state index contributed by atoms with van der Waals surface area (Å²) in [7, 11) is 0. The fourth-order valence-corrected chi connectivity index (χ4v) is 1.11. The Balaban J connectivity index is 2.51. The molecule has 0 aromatic heterocycles. The van der Waals surface area contributed by atoms with Crippen LogP contribution in [0, 0.1) is 5.92 Å². The van der Waals surface area contributed by atoms with E-state index in [9.17, 15) is 4.79 Å². The number of esters is 1. The van der Waals surface area contributed by atoms with E-state index in [-0.39, 0.29) is 11.9 Å². The Morgan fingerprint density at radius 2 is 2.00 bits per heavy atom. The molecule has 0 aliphatic heterocycles. The van der Waals surface area contributed by atoms with Crippen LogP contribution < -0.4 is 5.73 Å². The van der Waals surface area contributed by atoms with E-state index in [4.69, 9.17) is 10.5 Å². The molecule has 12 heavy (non-hydrogen) atoms. The zero-order valence-corrected chi connectivity index (χ0v) is 8.18. The normalized spacial score (nSPS) is 34.6. The molecule has 0 heterocycles. The molecule has 70 valence electrons. The molecule has 0 bridgehead atoms. The fourth-order valence-electron chi connectivity index (χ4n) is 1.11. The van der Waals surface area contributed by atoms with Crippen molar-refractivity contribution in [2.75, 3.05) is 0 Å². The first-order valence-electron chi connectivity index (χ1n) is 4.28. The van der Waals surface area contributed by atoms with Crippen LogP contribution >= 0.6 is 0 Å². The Morgan fingerprint density at radius 3 is 2.25 bits per heavy atom. The monoisotopic (exact) mass is 171 g/mol. The summed E-state index contributed by atoms with van der Waals surface area (Å²) in [5.41, 5.74) is 4.65. The van der Waals surface area contributed by atoms with Gasteiger partial charge < -0.3 is 10.5 Å². The highest BCUT2D eigenvalue weighted by molar-refractivity contribution is 5.84. The van der Waals surface area contributed by atoms with Crippen LogP contribution in [0.15, 0.2) is 0 Å². The van der Waals surface area contributed by atoms with E-state index < -0.39 is 11.1 Å². The maximum atomic E-state index is 11.4. The Morgan fingerprint density at radius 1 is 1.58 bits per heavy atom. The molecule has 1 rings (SSSR count). The standard InChI is InChI=1S/C9H17NO2/c1-6-5-9(6,10)7(11)12-8(2,3)4/h6H,5,10H2,1-4H3/t6-,9+/m1/s1. The number of ether oxygens (including phenoxy) is 1. The Kier molecular flexibility index (Phi) is 1.95. The van der Waals surface area contributed by atoms with Gasteiger partial charge in [-0.3, -0.25) is 4.79 Å². The molecule has 1 saturated carbocycles. The van der Waals surface area contributed by atoms with Gasteiger partial charge >= 0.3 is 5.97 Å². The Labute approximate surface area is 73.3 Å². The van der Waals surface area contributed by atoms with E-state index in [1.165, 1.54) is 0 Å². The number of carbonyl (C=O) groups is 1. The van der Waals surface area contributed by atoms with Crippen LogP contribution in [0.5, 0.6) is 0 Å². The van der Waals surface area contributed by atoms with Gasteiger partial charge in [0.1, 0.15) is 11.1 Å². The maximum absolute atomic E-state index is 11.4. The zero-order chi connectivity index (χ0) is 9.57. The molecule has 0 aromatic carbocycles. The van der Waals surface area contributed by atoms with Crippen LogP contribution in [0.3, 0.4) is 0 Å². The number of rotatable bonds is 1. The molecule has 2 atom stereocenters. The lowest BCUT2D eigenvalue weighted by Gasteiger charge is -2.22. The van der Waals surface area contributed by atoms with Crippen LogP contribution in [0.2, 0.25) is 0 Å². The maximum Gasteiger partial charge on any atom is 0.326 e. The average Bonchev–Trinajstić information content (AvgIpc) is 2.37. The van der Waals surface area contributed by atoms with Crippen molar-refractivity contribution in [2.45, 2.75) is 45.3 Å². The summed E-state index contributed by atoms with van der Waals surface area (Å²) in [6, 6.07) is 0. The Hall–Kier alpha value is -0.570. The predicted octanol–water partition coefficient (Wildman–Crippen LogP) is 1.07. The van der Waals surface area contributed by atoms with Gasteiger partial charge in [0.25, 0.3) is 0 Å². The Bertz CT molecular complexity index is 207. The third-order valence-corrected chi connectivity index (χ3v) is 2.14. The van der Waals surface area contributed by atoms with Crippen molar-refractivity contribution in [3.63, 3.8) is 0 Å². The molecule has 3 heteroatoms. The van der Waals surface area contributed by atoms with Crippen molar-refractivity contribution in [3.8, 4) is 0 Å². The molecule has 1 aliphatic carbocycles. The van der Waals surface area contributed by atoms with Crippen molar-refractivity contribution >= 4 is 5.97 Å². The SMILES string of the molecule is C[C@@H]1C[C@@]1(N)C(=O)OC(C)(C)C. The molecule has 1 fully saturated rings. The minimum atomic E-state index is -0.687. The molecule has 0 unspecified atom stereocenters. The molecule has 0 saturated heterocycles. The lowest BCUT2D eigenvalue weighted by molar-refractivity contribution is -0.158. The summed E-state index contributed by atoms with van der Waals surface area (Å²) in [6.07, 6.45) is 0.752. The van der Waals surface area contributed by atoms with Gasteiger partial charge in [0.2, 0.25) is 0 Å². The first kappa shape index (κ1) is 9.52. The van der Waals surface area contributed by atoms with Crippen LogP contribution in [0.25, 0.3) is 0 Å². The number of hydrogen-bond donors (Lipinski definition) is 1. The highest BCUT2D eigenvalue weighted by Gasteiger charge is 2.56. The molecular weight excluding hydrogens is 154 g/mol. The quantitative estimate of drug-likeness (QED) is 0.600. The molecule has 0 spiro atoms. The van der Waals surface area contributed by atoms with Crippen molar-refractivity contribution in [3.05, 3.63) is 0 Å². The van der Waals surface area contributed by atoms with Crippen molar-refractivity contribution in [1.82, 2.24) is 0 Å². The molecule has 0 radical (unpaired) electrons. The smallest absolute Gasteiger partial charge is 0.326 e. The second kappa shape index (κ2) is 2.46. The second-order valence-corrected chi connectivity index (χ2v) is 4.65. The third kappa shape index (κ3) is 1.78. The third-order valence-electron chi connectivity index (χ3n) is 2.14. The summed E-state index contributed by atoms with van der Waals surface area (Å²) in [4.78, 5) is 11.4. The minimum Gasteiger partial charge on any atom is -0.459 e. The topological polar surface area (TPSA) is 52.3 Å². The zero-order valence-electron chi connectivity index (χ0n) is 8.18. The summed E-state index contributed by atoms with van der Waals surface area (Å²) >= 11 is 0. The number of carbonyl (C=O) groups excluding carboxylic acids is 1. The largest absolute Gasteiger partial charge is 0.459 e. The molecule has 3 nitrogen and oxygen atoms in total. The highest BCUT2D eigenvalue weighted by Crippen LogP contribution is 2.41. The van der Waals surface area contributed by atoms with Gasteiger partial charge in [-0.2, -0.15) is 0 Å². The molecule has 2 N–H and O–H groups in total. The van der Waals surface area contributed by atoms with Gasteiger partial charge in [-0.15, -0.1) is 0 Å². The van der Waals surface area contributed by atoms with Crippen molar-refractivity contribution in [2.24, 2.45) is 11.7 Å². The second-order valence-electron chi connectivity index (χ2n) is 4.65. The van der Waals surface area contributed by atoms with Crippen LogP contribution in [-0.2, 0) is 9.53 Å². The minimum absolute atomic E-state index is 0.262. The van der Waals surface area contributed by atoms with Gasteiger partial charge in [-0.1, -0.05) is 6.92 Å². The lowest BCUT2D eigenvalue weighted by Crippen LogP contribution is -2.40. The molecule has 0 amide bonds. The number of nitrogens with two attached hydrogens (primary N) is 1. The lowest BCUT2D eigenvalue weighted by atomic mass is 10.1. The van der Waals surface area contributed by atoms with E-state index in [0.717, 1.165) is 6.42 Å². The molecule has 0 aromatic rings. The van der Waals surface area contributed by atoms with E-state index in [2.05, 4.69) is 0 Å². The van der Waals surface area contributed by atoms with Crippen molar-refractivity contribution in [1.29, 1.82) is 0 Å². The summed E-state index contributed by atoms with van der Waals surface area (Å²) in [5, 5.41) is 0. The van der Waals surface area contributed by atoms with Crippen molar-refractivity contribution < 1.29 is 9.53 Å². The van der Waals surface area contributed by atoms with Gasteiger partial charge in [-0.25, -0.2) is 0 Å².